The highest BCUT2D eigenvalue weighted by Gasteiger charge is 2.15. The number of thiol groups is 1. The van der Waals surface area contributed by atoms with Crippen molar-refractivity contribution in [3.63, 3.8) is 0 Å². The Morgan fingerprint density at radius 2 is 1.89 bits per heavy atom. The zero-order valence-electron chi connectivity index (χ0n) is 11.0. The summed E-state index contributed by atoms with van der Waals surface area (Å²) in [6.45, 7) is 6.02. The first-order valence-electron chi connectivity index (χ1n) is 6.42. The van der Waals surface area contributed by atoms with Crippen molar-refractivity contribution in [2.75, 3.05) is 13.1 Å². The van der Waals surface area contributed by atoms with E-state index in [0.717, 1.165) is 38.8 Å². The number of carbonyl (C=O) groups is 1. The standard InChI is InChI=1S/C11H21N5OS/c1-3-5-7-15(8-6-4-2)10(17)9-16-11(18)12-13-14-16/h3-9H2,1-2H3,(H,12,14,18). The van der Waals surface area contributed by atoms with Crippen LogP contribution in [0.25, 0.3) is 0 Å². The monoisotopic (exact) mass is 271 g/mol. The summed E-state index contributed by atoms with van der Waals surface area (Å²) in [6.07, 6.45) is 4.22. The van der Waals surface area contributed by atoms with Gasteiger partial charge in [-0.15, -0.1) is 17.7 Å². The van der Waals surface area contributed by atoms with Crippen molar-refractivity contribution in [2.24, 2.45) is 0 Å². The summed E-state index contributed by atoms with van der Waals surface area (Å²) < 4.78 is 1.41. The van der Waals surface area contributed by atoms with E-state index in [0.29, 0.717) is 5.16 Å². The topological polar surface area (TPSA) is 63.9 Å². The average Bonchev–Trinajstić information content (AvgIpc) is 2.75. The Morgan fingerprint density at radius 3 is 2.33 bits per heavy atom. The van der Waals surface area contributed by atoms with Crippen LogP contribution in [0, 0.1) is 0 Å². The van der Waals surface area contributed by atoms with Crippen LogP contribution in [0.15, 0.2) is 5.16 Å². The fourth-order valence-electron chi connectivity index (χ4n) is 1.59. The lowest BCUT2D eigenvalue weighted by Crippen LogP contribution is -2.35. The first-order valence-corrected chi connectivity index (χ1v) is 6.86. The SMILES string of the molecule is CCCCN(CCCC)C(=O)Cn1nnnc1S. The summed E-state index contributed by atoms with van der Waals surface area (Å²) in [7, 11) is 0. The molecule has 0 aliphatic rings. The largest absolute Gasteiger partial charge is 0.341 e. The Morgan fingerprint density at radius 1 is 1.28 bits per heavy atom. The molecule has 0 bridgehead atoms. The molecule has 0 radical (unpaired) electrons. The fraction of sp³-hybridized carbons (Fsp3) is 0.818. The van der Waals surface area contributed by atoms with Gasteiger partial charge in [0, 0.05) is 13.1 Å². The number of hydrogen-bond donors (Lipinski definition) is 1. The Hall–Kier alpha value is -1.11. The van der Waals surface area contributed by atoms with Crippen LogP contribution in [0.3, 0.4) is 0 Å². The molecule has 0 fully saturated rings. The maximum absolute atomic E-state index is 12.2. The van der Waals surface area contributed by atoms with Crippen LogP contribution in [0.4, 0.5) is 0 Å². The average molecular weight is 271 g/mol. The minimum Gasteiger partial charge on any atom is -0.341 e. The Balaban J connectivity index is 2.55. The highest BCUT2D eigenvalue weighted by molar-refractivity contribution is 7.80. The summed E-state index contributed by atoms with van der Waals surface area (Å²) in [5.74, 6) is 0.0551. The first-order chi connectivity index (χ1) is 8.69. The number of tetrazole rings is 1. The fourth-order valence-corrected chi connectivity index (χ4v) is 1.74. The number of aromatic nitrogens is 4. The van der Waals surface area contributed by atoms with Crippen LogP contribution in [-0.4, -0.2) is 44.1 Å². The van der Waals surface area contributed by atoms with Gasteiger partial charge in [0.25, 0.3) is 0 Å². The third-order valence-electron chi connectivity index (χ3n) is 2.71. The Bertz CT molecular complexity index is 360. The smallest absolute Gasteiger partial charge is 0.244 e. The second kappa shape index (κ2) is 8.07. The van der Waals surface area contributed by atoms with E-state index >= 15 is 0 Å². The van der Waals surface area contributed by atoms with Crippen molar-refractivity contribution in [2.45, 2.75) is 51.2 Å². The predicted octanol–water partition coefficient (Wildman–Crippen LogP) is 1.39. The van der Waals surface area contributed by atoms with E-state index in [-0.39, 0.29) is 12.5 Å². The zero-order valence-corrected chi connectivity index (χ0v) is 11.9. The molecule has 0 saturated carbocycles. The summed E-state index contributed by atoms with van der Waals surface area (Å²) in [6, 6.07) is 0. The molecule has 6 nitrogen and oxygen atoms in total. The highest BCUT2D eigenvalue weighted by atomic mass is 32.1. The van der Waals surface area contributed by atoms with Crippen LogP contribution >= 0.6 is 12.6 Å². The van der Waals surface area contributed by atoms with Crippen LogP contribution in [0.1, 0.15) is 39.5 Å². The zero-order chi connectivity index (χ0) is 13.4. The highest BCUT2D eigenvalue weighted by Crippen LogP contribution is 2.03. The number of hydrogen-bond acceptors (Lipinski definition) is 5. The number of unbranched alkanes of at least 4 members (excludes halogenated alkanes) is 2. The molecule has 0 aromatic carbocycles. The van der Waals surface area contributed by atoms with Gasteiger partial charge >= 0.3 is 0 Å². The number of amides is 1. The summed E-state index contributed by atoms with van der Waals surface area (Å²) in [5.41, 5.74) is 0. The molecular weight excluding hydrogens is 250 g/mol. The van der Waals surface area contributed by atoms with Crippen molar-refractivity contribution in [3.05, 3.63) is 0 Å². The van der Waals surface area contributed by atoms with E-state index < -0.39 is 0 Å². The van der Waals surface area contributed by atoms with Gasteiger partial charge in [-0.3, -0.25) is 4.79 Å². The van der Waals surface area contributed by atoms with Gasteiger partial charge in [0.15, 0.2) is 0 Å². The molecule has 1 aromatic heterocycles. The Labute approximate surface area is 113 Å². The summed E-state index contributed by atoms with van der Waals surface area (Å²) >= 11 is 4.09. The molecule has 0 aliphatic carbocycles. The lowest BCUT2D eigenvalue weighted by Gasteiger charge is -2.22. The van der Waals surface area contributed by atoms with Gasteiger partial charge in [0.1, 0.15) is 6.54 Å². The van der Waals surface area contributed by atoms with E-state index in [1.807, 2.05) is 4.90 Å². The van der Waals surface area contributed by atoms with Gasteiger partial charge in [0.2, 0.25) is 11.1 Å². The maximum atomic E-state index is 12.2. The molecule has 1 amide bonds. The number of nitrogens with zero attached hydrogens (tertiary/aromatic N) is 5. The van der Waals surface area contributed by atoms with Crippen molar-refractivity contribution in [1.29, 1.82) is 0 Å². The molecular formula is C11H21N5OS. The molecule has 0 saturated heterocycles. The van der Waals surface area contributed by atoms with E-state index in [9.17, 15) is 4.79 Å². The molecule has 0 unspecified atom stereocenters. The van der Waals surface area contributed by atoms with Crippen molar-refractivity contribution in [1.82, 2.24) is 25.1 Å². The quantitative estimate of drug-likeness (QED) is 0.726. The van der Waals surface area contributed by atoms with Crippen LogP contribution in [0.5, 0.6) is 0 Å². The van der Waals surface area contributed by atoms with E-state index in [1.54, 1.807) is 0 Å². The molecule has 0 aliphatic heterocycles. The number of carbonyl (C=O) groups excluding carboxylic acids is 1. The molecule has 1 aromatic rings. The maximum Gasteiger partial charge on any atom is 0.244 e. The van der Waals surface area contributed by atoms with Gasteiger partial charge in [-0.2, -0.15) is 0 Å². The van der Waals surface area contributed by atoms with E-state index in [2.05, 4.69) is 42.0 Å². The second-order valence-electron chi connectivity index (χ2n) is 4.22. The molecule has 18 heavy (non-hydrogen) atoms. The summed E-state index contributed by atoms with van der Waals surface area (Å²) in [5, 5.41) is 11.2. The van der Waals surface area contributed by atoms with Crippen molar-refractivity contribution in [3.8, 4) is 0 Å². The van der Waals surface area contributed by atoms with Crippen LogP contribution in [-0.2, 0) is 11.3 Å². The van der Waals surface area contributed by atoms with Gasteiger partial charge in [0.05, 0.1) is 0 Å². The predicted molar refractivity (Wildman–Crippen MR) is 71.5 cm³/mol. The van der Waals surface area contributed by atoms with Gasteiger partial charge < -0.3 is 4.90 Å². The molecule has 0 atom stereocenters. The van der Waals surface area contributed by atoms with Gasteiger partial charge in [-0.1, -0.05) is 26.7 Å². The summed E-state index contributed by atoms with van der Waals surface area (Å²) in [4.78, 5) is 14.0. The molecule has 102 valence electrons. The third kappa shape index (κ3) is 4.64. The van der Waals surface area contributed by atoms with Crippen molar-refractivity contribution >= 4 is 18.5 Å². The normalized spacial score (nSPS) is 10.6. The molecule has 1 heterocycles. The second-order valence-corrected chi connectivity index (χ2v) is 4.62. The van der Waals surface area contributed by atoms with Gasteiger partial charge in [-0.05, 0) is 23.3 Å². The van der Waals surface area contributed by atoms with Crippen LogP contribution < -0.4 is 0 Å². The molecule has 0 N–H and O–H groups in total. The first kappa shape index (κ1) is 14.9. The third-order valence-corrected chi connectivity index (χ3v) is 3.03. The van der Waals surface area contributed by atoms with Crippen LogP contribution in [0.2, 0.25) is 0 Å². The number of rotatable bonds is 8. The molecule has 7 heteroatoms. The van der Waals surface area contributed by atoms with E-state index in [1.165, 1.54) is 4.68 Å². The lowest BCUT2D eigenvalue weighted by atomic mass is 10.2. The molecule has 0 spiro atoms. The minimum absolute atomic E-state index is 0.0551. The Kier molecular flexibility index (Phi) is 6.70. The van der Waals surface area contributed by atoms with Gasteiger partial charge in [-0.25, -0.2) is 4.68 Å². The van der Waals surface area contributed by atoms with E-state index in [4.69, 9.17) is 0 Å². The lowest BCUT2D eigenvalue weighted by molar-refractivity contribution is -0.132. The van der Waals surface area contributed by atoms with Crippen molar-refractivity contribution < 1.29 is 4.79 Å². The molecule has 1 rings (SSSR count). The minimum atomic E-state index is 0.0551.